The molecule has 0 aliphatic rings. The van der Waals surface area contributed by atoms with Crippen LogP contribution in [0.4, 0.5) is 5.69 Å². The zero-order chi connectivity index (χ0) is 18.4. The van der Waals surface area contributed by atoms with Crippen LogP contribution in [0.3, 0.4) is 0 Å². The largest absolute Gasteiger partial charge is 0.465 e. The lowest BCUT2D eigenvalue weighted by molar-refractivity contribution is -0.144. The van der Waals surface area contributed by atoms with E-state index in [4.69, 9.17) is 9.15 Å². The van der Waals surface area contributed by atoms with Crippen molar-refractivity contribution < 1.29 is 28.3 Å². The number of aryl methyl sites for hydroxylation is 1. The lowest BCUT2D eigenvalue weighted by atomic mass is 10.1. The maximum absolute atomic E-state index is 11.9. The second-order valence-electron chi connectivity index (χ2n) is 5.39. The number of furan rings is 1. The van der Waals surface area contributed by atoms with Crippen LogP contribution in [-0.4, -0.2) is 25.0 Å². The van der Waals surface area contributed by atoms with Gasteiger partial charge in [0.25, 0.3) is 0 Å². The molecule has 1 aromatic carbocycles. The van der Waals surface area contributed by atoms with Crippen LogP contribution >= 0.6 is 0 Å². The maximum atomic E-state index is 11.9. The number of hydrogen-bond acceptors (Lipinski definition) is 6. The zero-order valence-corrected chi connectivity index (χ0v) is 14.3. The molecule has 0 radical (unpaired) electrons. The van der Waals surface area contributed by atoms with E-state index in [1.807, 2.05) is 0 Å². The van der Waals surface area contributed by atoms with E-state index < -0.39 is 11.9 Å². The number of anilines is 1. The highest BCUT2D eigenvalue weighted by Crippen LogP contribution is 2.17. The first-order valence-electron chi connectivity index (χ1n) is 7.59. The van der Waals surface area contributed by atoms with Gasteiger partial charge in [-0.1, -0.05) is 12.1 Å². The molecule has 0 unspecified atom stereocenters. The Hall–Kier alpha value is -3.09. The van der Waals surface area contributed by atoms with E-state index >= 15 is 0 Å². The number of methoxy groups -OCH3 is 1. The van der Waals surface area contributed by atoms with Crippen LogP contribution in [-0.2, 0) is 32.1 Å². The van der Waals surface area contributed by atoms with Gasteiger partial charge < -0.3 is 19.2 Å². The van der Waals surface area contributed by atoms with E-state index in [1.165, 1.54) is 20.1 Å². The van der Waals surface area contributed by atoms with Crippen molar-refractivity contribution in [2.45, 2.75) is 26.9 Å². The van der Waals surface area contributed by atoms with Gasteiger partial charge in [0.2, 0.25) is 5.91 Å². The molecule has 25 heavy (non-hydrogen) atoms. The number of nitrogens with one attached hydrogen (secondary N) is 1. The summed E-state index contributed by atoms with van der Waals surface area (Å²) >= 11 is 0. The molecule has 1 heterocycles. The summed E-state index contributed by atoms with van der Waals surface area (Å²) in [6.45, 7) is 2.99. The Morgan fingerprint density at radius 1 is 1.16 bits per heavy atom. The summed E-state index contributed by atoms with van der Waals surface area (Å²) < 4.78 is 15.2. The van der Waals surface area contributed by atoms with Crippen LogP contribution < -0.4 is 5.32 Å². The Kier molecular flexibility index (Phi) is 5.94. The molecule has 2 rings (SSSR count). The van der Waals surface area contributed by atoms with Gasteiger partial charge in [-0.25, -0.2) is 4.79 Å². The number of esters is 2. The minimum atomic E-state index is -0.502. The standard InChI is InChI=1S/C18H19NO6/c1-11-16(18(22)23-3)9-15(25-11)10-24-17(21)8-13-4-6-14(7-5-13)19-12(2)20/h4-7,9H,8,10H2,1-3H3,(H,19,20). The van der Waals surface area contributed by atoms with E-state index in [-0.39, 0.29) is 18.9 Å². The molecule has 0 spiro atoms. The van der Waals surface area contributed by atoms with Crippen LogP contribution in [0, 0.1) is 6.92 Å². The summed E-state index contributed by atoms with van der Waals surface area (Å²) in [6, 6.07) is 8.39. The smallest absolute Gasteiger partial charge is 0.341 e. The van der Waals surface area contributed by atoms with Gasteiger partial charge in [0, 0.05) is 12.6 Å². The Bertz CT molecular complexity index is 775. The summed E-state index contributed by atoms with van der Waals surface area (Å²) in [6.07, 6.45) is 0.0872. The van der Waals surface area contributed by atoms with Crippen molar-refractivity contribution in [2.24, 2.45) is 0 Å². The summed E-state index contributed by atoms with van der Waals surface area (Å²) in [4.78, 5) is 34.4. The van der Waals surface area contributed by atoms with Crippen LogP contribution in [0.2, 0.25) is 0 Å². The molecular formula is C18H19NO6. The van der Waals surface area contributed by atoms with Gasteiger partial charge in [0.1, 0.15) is 23.7 Å². The van der Waals surface area contributed by atoms with Crippen LogP contribution in [0.5, 0.6) is 0 Å². The first-order valence-corrected chi connectivity index (χ1v) is 7.59. The van der Waals surface area contributed by atoms with E-state index in [0.717, 1.165) is 5.56 Å². The molecule has 0 aliphatic carbocycles. The predicted octanol–water partition coefficient (Wildman–Crippen LogP) is 2.62. The molecule has 132 valence electrons. The third-order valence-corrected chi connectivity index (χ3v) is 3.37. The first kappa shape index (κ1) is 18.3. The number of carbonyl (C=O) groups is 3. The lowest BCUT2D eigenvalue weighted by Gasteiger charge is -2.05. The van der Waals surface area contributed by atoms with E-state index in [0.29, 0.717) is 22.8 Å². The summed E-state index contributed by atoms with van der Waals surface area (Å²) in [5.41, 5.74) is 1.72. The first-order chi connectivity index (χ1) is 11.9. The Labute approximate surface area is 144 Å². The van der Waals surface area contributed by atoms with Crippen molar-refractivity contribution in [1.82, 2.24) is 0 Å². The van der Waals surface area contributed by atoms with Crippen molar-refractivity contribution in [3.8, 4) is 0 Å². The molecule has 7 nitrogen and oxygen atoms in total. The molecule has 0 saturated heterocycles. The molecule has 1 N–H and O–H groups in total. The summed E-state index contributed by atoms with van der Waals surface area (Å²) in [7, 11) is 1.28. The third kappa shape index (κ3) is 5.20. The van der Waals surface area contributed by atoms with Crippen molar-refractivity contribution in [3.63, 3.8) is 0 Å². The van der Waals surface area contributed by atoms with Crippen molar-refractivity contribution in [3.05, 3.63) is 53.0 Å². The van der Waals surface area contributed by atoms with Gasteiger partial charge in [0.15, 0.2) is 0 Å². The Morgan fingerprint density at radius 3 is 2.44 bits per heavy atom. The highest BCUT2D eigenvalue weighted by Gasteiger charge is 2.16. The van der Waals surface area contributed by atoms with Gasteiger partial charge >= 0.3 is 11.9 Å². The number of amides is 1. The lowest BCUT2D eigenvalue weighted by Crippen LogP contribution is -2.08. The molecule has 1 amide bonds. The number of rotatable bonds is 6. The number of carbonyl (C=O) groups excluding carboxylic acids is 3. The number of ether oxygens (including phenoxy) is 2. The quantitative estimate of drug-likeness (QED) is 0.809. The van der Waals surface area contributed by atoms with Crippen molar-refractivity contribution >= 4 is 23.5 Å². The van der Waals surface area contributed by atoms with Crippen LogP contribution in [0.1, 0.15) is 34.4 Å². The molecule has 7 heteroatoms. The minimum absolute atomic E-state index is 0.0688. The fraction of sp³-hybridized carbons (Fsp3) is 0.278. The van der Waals surface area contributed by atoms with Gasteiger partial charge in [0.05, 0.1) is 13.5 Å². The normalized spacial score (nSPS) is 10.2. The SMILES string of the molecule is COC(=O)c1cc(COC(=O)Cc2ccc(NC(C)=O)cc2)oc1C. The molecule has 0 aliphatic heterocycles. The monoisotopic (exact) mass is 345 g/mol. The van der Waals surface area contributed by atoms with Crippen LogP contribution in [0.25, 0.3) is 0 Å². The topological polar surface area (TPSA) is 94.8 Å². The average molecular weight is 345 g/mol. The fourth-order valence-electron chi connectivity index (χ4n) is 2.21. The molecule has 0 bridgehead atoms. The summed E-state index contributed by atoms with van der Waals surface area (Å²) in [5, 5.41) is 2.65. The number of hydrogen-bond donors (Lipinski definition) is 1. The minimum Gasteiger partial charge on any atom is -0.465 e. The molecule has 0 atom stereocenters. The van der Waals surface area contributed by atoms with Gasteiger partial charge in [-0.3, -0.25) is 9.59 Å². The average Bonchev–Trinajstić information content (AvgIpc) is 2.94. The van der Waals surface area contributed by atoms with Gasteiger partial charge in [-0.2, -0.15) is 0 Å². The number of benzene rings is 1. The molecule has 2 aromatic rings. The fourth-order valence-corrected chi connectivity index (χ4v) is 2.21. The summed E-state index contributed by atoms with van der Waals surface area (Å²) in [5.74, 6) is -0.315. The predicted molar refractivity (Wildman–Crippen MR) is 89.0 cm³/mol. The molecule has 0 fully saturated rings. The van der Waals surface area contributed by atoms with Crippen LogP contribution in [0.15, 0.2) is 34.7 Å². The molecule has 0 saturated carbocycles. The third-order valence-electron chi connectivity index (χ3n) is 3.37. The molecular weight excluding hydrogens is 326 g/mol. The zero-order valence-electron chi connectivity index (χ0n) is 14.3. The van der Waals surface area contributed by atoms with Crippen molar-refractivity contribution in [2.75, 3.05) is 12.4 Å². The highest BCUT2D eigenvalue weighted by molar-refractivity contribution is 5.90. The second kappa shape index (κ2) is 8.14. The highest BCUT2D eigenvalue weighted by atomic mass is 16.5. The molecule has 1 aromatic heterocycles. The van der Waals surface area contributed by atoms with Gasteiger partial charge in [-0.15, -0.1) is 0 Å². The Morgan fingerprint density at radius 2 is 1.84 bits per heavy atom. The van der Waals surface area contributed by atoms with E-state index in [1.54, 1.807) is 31.2 Å². The van der Waals surface area contributed by atoms with E-state index in [2.05, 4.69) is 10.1 Å². The Balaban J connectivity index is 1.88. The van der Waals surface area contributed by atoms with E-state index in [9.17, 15) is 14.4 Å². The van der Waals surface area contributed by atoms with Gasteiger partial charge in [-0.05, 0) is 30.7 Å². The second-order valence-corrected chi connectivity index (χ2v) is 5.39. The van der Waals surface area contributed by atoms with Crippen molar-refractivity contribution in [1.29, 1.82) is 0 Å². The maximum Gasteiger partial charge on any atom is 0.341 e.